The third-order valence-electron chi connectivity index (χ3n) is 4.52. The van der Waals surface area contributed by atoms with Gasteiger partial charge in [-0.3, -0.25) is 19.4 Å². The molecule has 0 aliphatic carbocycles. The Morgan fingerprint density at radius 2 is 2.03 bits per heavy atom. The van der Waals surface area contributed by atoms with Gasteiger partial charge in [-0.1, -0.05) is 29.9 Å². The lowest BCUT2D eigenvalue weighted by atomic mass is 9.96. The van der Waals surface area contributed by atoms with Crippen LogP contribution in [0.1, 0.15) is 31.7 Å². The number of nitrogens with two attached hydrogens (primary N) is 1. The number of carbonyl (C=O) groups excluding carboxylic acids is 1. The molecule has 2 aromatic rings. The van der Waals surface area contributed by atoms with Crippen LogP contribution in [0.25, 0.3) is 0 Å². The number of hydrogen-bond acceptors (Lipinski definition) is 8. The smallest absolute Gasteiger partial charge is 0.481 e. The molecule has 1 amide bonds. The molecule has 6 N–H and O–H groups in total. The van der Waals surface area contributed by atoms with E-state index in [0.717, 1.165) is 5.03 Å². The summed E-state index contributed by atoms with van der Waals surface area (Å²) in [7, 11) is -1.75. The fraction of sp³-hybridized carbons (Fsp3) is 0.381. The van der Waals surface area contributed by atoms with Crippen molar-refractivity contribution in [2.45, 2.75) is 43.7 Å². The highest BCUT2D eigenvalue weighted by Crippen LogP contribution is 2.41. The molecule has 1 heterocycles. The Morgan fingerprint density at radius 3 is 2.68 bits per heavy atom. The second-order valence-electron chi connectivity index (χ2n) is 7.58. The highest BCUT2D eigenvalue weighted by molar-refractivity contribution is 8.76. The Balaban J connectivity index is 1.96. The highest BCUT2D eigenvalue weighted by atomic mass is 33.1. The van der Waals surface area contributed by atoms with Crippen LogP contribution in [0.5, 0.6) is 5.75 Å². The number of pyridine rings is 1. The standard InChI is InChI=1S/C21H28N3O7PS2/c1-14(21(26)27)11-16(22)12-15-7-8-18(31-32(28,29)30)17(13-15)24-19(25)5-4-10-33-34-20-6-2-3-9-23-20/h2-3,6-9,13-14,16H,4-5,10-12,22H2,1H3,(H,24,25)(H,26,27)(H2,28,29,30)/t14?,16-/m1/s1. The summed E-state index contributed by atoms with van der Waals surface area (Å²) in [6.45, 7) is 1.57. The first-order chi connectivity index (χ1) is 16.0. The van der Waals surface area contributed by atoms with E-state index < -0.39 is 25.8 Å². The number of amides is 1. The van der Waals surface area contributed by atoms with Gasteiger partial charge in [0.1, 0.15) is 5.03 Å². The average Bonchev–Trinajstić information content (AvgIpc) is 2.75. The largest absolute Gasteiger partial charge is 0.524 e. The summed E-state index contributed by atoms with van der Waals surface area (Å²) in [6, 6.07) is 9.62. The third-order valence-corrected chi connectivity index (χ3v) is 7.31. The normalized spacial score (nSPS) is 13.2. The molecule has 0 saturated heterocycles. The van der Waals surface area contributed by atoms with Crippen LogP contribution in [0, 0.1) is 5.92 Å². The molecular formula is C21H28N3O7PS2. The van der Waals surface area contributed by atoms with E-state index in [4.69, 9.17) is 15.4 Å². The maximum atomic E-state index is 12.4. The number of carboxylic acid groups (broad SMARTS) is 1. The Morgan fingerprint density at radius 1 is 1.26 bits per heavy atom. The van der Waals surface area contributed by atoms with Crippen molar-refractivity contribution in [1.29, 1.82) is 0 Å². The van der Waals surface area contributed by atoms with Crippen LogP contribution < -0.4 is 15.6 Å². The predicted molar refractivity (Wildman–Crippen MR) is 133 cm³/mol. The Labute approximate surface area is 205 Å². The molecule has 1 aromatic carbocycles. The van der Waals surface area contributed by atoms with Crippen molar-refractivity contribution in [3.8, 4) is 5.75 Å². The molecule has 1 unspecified atom stereocenters. The number of hydrogen-bond donors (Lipinski definition) is 5. The summed E-state index contributed by atoms with van der Waals surface area (Å²) in [5.74, 6) is -1.35. The van der Waals surface area contributed by atoms with Crippen LogP contribution in [-0.2, 0) is 20.6 Å². The number of benzene rings is 1. The quantitative estimate of drug-likeness (QED) is 0.137. The minimum atomic E-state index is -4.84. The minimum absolute atomic E-state index is 0.111. The number of aliphatic carboxylic acids is 1. The van der Waals surface area contributed by atoms with Crippen LogP contribution in [0.15, 0.2) is 47.6 Å². The summed E-state index contributed by atoms with van der Waals surface area (Å²) >= 11 is 0. The maximum absolute atomic E-state index is 12.4. The fourth-order valence-electron chi connectivity index (χ4n) is 2.95. The molecule has 186 valence electrons. The van der Waals surface area contributed by atoms with E-state index in [1.165, 1.54) is 22.9 Å². The summed E-state index contributed by atoms with van der Waals surface area (Å²) in [5, 5.41) is 12.6. The van der Waals surface area contributed by atoms with Gasteiger partial charge in [0.2, 0.25) is 5.91 Å². The van der Waals surface area contributed by atoms with Crippen molar-refractivity contribution in [2.75, 3.05) is 11.1 Å². The Bertz CT molecular complexity index is 1010. The van der Waals surface area contributed by atoms with Gasteiger partial charge in [0, 0.05) is 24.4 Å². The zero-order chi connectivity index (χ0) is 25.1. The first kappa shape index (κ1) is 28.2. The average molecular weight is 530 g/mol. The van der Waals surface area contributed by atoms with Crippen LogP contribution in [-0.4, -0.2) is 43.5 Å². The summed E-state index contributed by atoms with van der Waals surface area (Å²) in [5.41, 5.74) is 6.83. The van der Waals surface area contributed by atoms with Crippen molar-refractivity contribution < 1.29 is 33.6 Å². The van der Waals surface area contributed by atoms with Crippen LogP contribution in [0.3, 0.4) is 0 Å². The Kier molecular flexibility index (Phi) is 11.4. The lowest BCUT2D eigenvalue weighted by Gasteiger charge is -2.17. The van der Waals surface area contributed by atoms with Gasteiger partial charge < -0.3 is 20.7 Å². The number of nitrogens with zero attached hydrogens (tertiary/aromatic N) is 1. The van der Waals surface area contributed by atoms with Crippen molar-refractivity contribution in [3.05, 3.63) is 48.2 Å². The molecule has 2 atom stereocenters. The van der Waals surface area contributed by atoms with E-state index in [0.29, 0.717) is 24.2 Å². The lowest BCUT2D eigenvalue weighted by molar-refractivity contribution is -0.141. The molecule has 0 fully saturated rings. The summed E-state index contributed by atoms with van der Waals surface area (Å²) in [4.78, 5) is 46.0. The number of phosphoric ester groups is 1. The van der Waals surface area contributed by atoms with Crippen LogP contribution >= 0.6 is 29.4 Å². The number of anilines is 1. The number of rotatable bonds is 14. The molecule has 13 heteroatoms. The van der Waals surface area contributed by atoms with E-state index in [1.807, 2.05) is 18.2 Å². The van der Waals surface area contributed by atoms with Crippen molar-refractivity contribution in [1.82, 2.24) is 4.98 Å². The van der Waals surface area contributed by atoms with Crippen molar-refractivity contribution >= 4 is 47.0 Å². The van der Waals surface area contributed by atoms with Crippen molar-refractivity contribution in [2.24, 2.45) is 11.7 Å². The van der Waals surface area contributed by atoms with Crippen molar-refractivity contribution in [3.63, 3.8) is 0 Å². The van der Waals surface area contributed by atoms with E-state index in [1.54, 1.807) is 30.0 Å². The molecule has 1 aromatic heterocycles. The van der Waals surface area contributed by atoms with Gasteiger partial charge in [-0.15, -0.1) is 0 Å². The van der Waals surface area contributed by atoms with Gasteiger partial charge in [-0.05, 0) is 59.9 Å². The molecule has 0 bridgehead atoms. The van der Waals surface area contributed by atoms with Crippen LogP contribution in [0.2, 0.25) is 0 Å². The number of aromatic nitrogens is 1. The minimum Gasteiger partial charge on any atom is -0.481 e. The number of phosphoric acid groups is 1. The van der Waals surface area contributed by atoms with Gasteiger partial charge in [0.05, 0.1) is 11.6 Å². The molecule has 0 aliphatic rings. The van der Waals surface area contributed by atoms with E-state index >= 15 is 0 Å². The molecular weight excluding hydrogens is 501 g/mol. The first-order valence-corrected chi connectivity index (χ1v) is 14.2. The van der Waals surface area contributed by atoms with E-state index in [9.17, 15) is 23.9 Å². The predicted octanol–water partition coefficient (Wildman–Crippen LogP) is 3.69. The van der Waals surface area contributed by atoms with Gasteiger partial charge >= 0.3 is 13.8 Å². The molecule has 10 nitrogen and oxygen atoms in total. The number of carbonyl (C=O) groups is 2. The van der Waals surface area contributed by atoms with E-state index in [-0.39, 0.29) is 30.2 Å². The monoisotopic (exact) mass is 529 g/mol. The summed E-state index contributed by atoms with van der Waals surface area (Å²) < 4.78 is 16.0. The number of carboxylic acids is 1. The molecule has 34 heavy (non-hydrogen) atoms. The SMILES string of the molecule is CC(C[C@@H](N)Cc1ccc(OP(=O)(O)O)c(NC(=O)CCCSSc2ccccn2)c1)C(=O)O. The summed E-state index contributed by atoms with van der Waals surface area (Å²) in [6.07, 6.45) is 3.07. The second kappa shape index (κ2) is 13.7. The zero-order valence-corrected chi connectivity index (χ0v) is 21.0. The van der Waals surface area contributed by atoms with E-state index in [2.05, 4.69) is 10.3 Å². The number of nitrogens with one attached hydrogen (secondary N) is 1. The molecule has 0 saturated carbocycles. The Hall–Kier alpha value is -2.08. The topological polar surface area (TPSA) is 172 Å². The lowest BCUT2D eigenvalue weighted by Crippen LogP contribution is -2.28. The van der Waals surface area contributed by atoms with Gasteiger partial charge in [0.15, 0.2) is 5.75 Å². The zero-order valence-electron chi connectivity index (χ0n) is 18.5. The maximum Gasteiger partial charge on any atom is 0.524 e. The van der Waals surface area contributed by atoms with Gasteiger partial charge in [-0.25, -0.2) is 9.55 Å². The third kappa shape index (κ3) is 10.9. The fourth-order valence-corrected chi connectivity index (χ4v) is 5.33. The molecule has 0 spiro atoms. The van der Waals surface area contributed by atoms with Gasteiger partial charge in [0.25, 0.3) is 0 Å². The van der Waals surface area contributed by atoms with Gasteiger partial charge in [-0.2, -0.15) is 0 Å². The van der Waals surface area contributed by atoms with Crippen LogP contribution in [0.4, 0.5) is 5.69 Å². The molecule has 0 radical (unpaired) electrons. The molecule has 0 aliphatic heterocycles. The first-order valence-electron chi connectivity index (χ1n) is 10.4. The second-order valence-corrected chi connectivity index (χ2v) is 11.2. The molecule has 2 rings (SSSR count). The highest BCUT2D eigenvalue weighted by Gasteiger charge is 2.21.